The summed E-state index contributed by atoms with van der Waals surface area (Å²) in [6.45, 7) is 2.05. The van der Waals surface area contributed by atoms with Gasteiger partial charge in [-0.2, -0.15) is 5.10 Å². The van der Waals surface area contributed by atoms with Crippen LogP contribution in [0, 0.1) is 6.92 Å². The Bertz CT molecular complexity index is 455. The number of nitrogens with zero attached hydrogens (tertiary/aromatic N) is 2. The Morgan fingerprint density at radius 3 is 3.00 bits per heavy atom. The molecule has 0 aliphatic carbocycles. The SMILES string of the molecule is Cc1nn(PI)c2cc(Br)ccc12. The molecule has 0 N–H and O–H groups in total. The lowest BCUT2D eigenvalue weighted by molar-refractivity contribution is 1.00. The molecule has 0 saturated carbocycles. The monoisotopic (exact) mass is 368 g/mol. The summed E-state index contributed by atoms with van der Waals surface area (Å²) in [7, 11) is 0. The smallest absolute Gasteiger partial charge is 0.0743 e. The van der Waals surface area contributed by atoms with Gasteiger partial charge in [0.1, 0.15) is 0 Å². The maximum atomic E-state index is 4.45. The average Bonchev–Trinajstić information content (AvgIpc) is 2.42. The van der Waals surface area contributed by atoms with E-state index in [2.05, 4.69) is 61.3 Å². The van der Waals surface area contributed by atoms with Crippen LogP contribution in [0.3, 0.4) is 0 Å². The van der Waals surface area contributed by atoms with E-state index in [-0.39, 0.29) is 0 Å². The van der Waals surface area contributed by atoms with Gasteiger partial charge in [0.2, 0.25) is 0 Å². The second kappa shape index (κ2) is 3.83. The number of aromatic nitrogens is 2. The van der Waals surface area contributed by atoms with Gasteiger partial charge in [0.05, 0.1) is 17.6 Å². The van der Waals surface area contributed by atoms with Crippen molar-refractivity contribution in [3.8, 4) is 0 Å². The first-order valence-electron chi connectivity index (χ1n) is 3.74. The number of fused-ring (bicyclic) bond motifs is 1. The molecule has 1 aromatic heterocycles. The van der Waals surface area contributed by atoms with Crippen molar-refractivity contribution in [3.63, 3.8) is 0 Å². The molecule has 0 radical (unpaired) electrons. The Hall–Kier alpha value is 0.330. The zero-order valence-corrected chi connectivity index (χ0v) is 11.6. The molecule has 2 nitrogen and oxygen atoms in total. The van der Waals surface area contributed by atoms with Crippen LogP contribution in [0.2, 0.25) is 0 Å². The normalized spacial score (nSPS) is 11.9. The molecule has 0 amide bonds. The van der Waals surface area contributed by atoms with Gasteiger partial charge < -0.3 is 0 Å². The Labute approximate surface area is 99.5 Å². The van der Waals surface area contributed by atoms with E-state index in [0.717, 1.165) is 10.2 Å². The van der Waals surface area contributed by atoms with Crippen LogP contribution in [-0.2, 0) is 0 Å². The van der Waals surface area contributed by atoms with Gasteiger partial charge in [-0.3, -0.25) is 0 Å². The van der Waals surface area contributed by atoms with Gasteiger partial charge in [-0.05, 0) is 47.2 Å². The molecule has 13 heavy (non-hydrogen) atoms. The number of aryl methyl sites for hydroxylation is 1. The van der Waals surface area contributed by atoms with Crippen molar-refractivity contribution in [2.75, 3.05) is 0 Å². The maximum Gasteiger partial charge on any atom is 0.0743 e. The minimum Gasteiger partial charge on any atom is -0.237 e. The molecular formula is C8H7BrIN2P. The third-order valence-corrected chi connectivity index (χ3v) is 4.27. The highest BCUT2D eigenvalue weighted by atomic mass is 127. The van der Waals surface area contributed by atoms with Crippen LogP contribution in [0.5, 0.6) is 0 Å². The van der Waals surface area contributed by atoms with Crippen LogP contribution in [-0.4, -0.2) is 9.55 Å². The van der Waals surface area contributed by atoms with Gasteiger partial charge in [-0.15, -0.1) is 0 Å². The molecule has 0 bridgehead atoms. The molecule has 2 aromatic rings. The van der Waals surface area contributed by atoms with Crippen molar-refractivity contribution < 1.29 is 0 Å². The molecule has 68 valence electrons. The molecule has 5 heteroatoms. The highest BCUT2D eigenvalue weighted by molar-refractivity contribution is 14.2. The quantitative estimate of drug-likeness (QED) is 0.551. The lowest BCUT2D eigenvalue weighted by Crippen LogP contribution is -1.82. The standard InChI is InChI=1S/C8H7BrIN2P/c1-5-7-3-2-6(9)4-8(7)12(11-5)13-10/h2-4,13H,1H3. The number of hydrogen-bond acceptors (Lipinski definition) is 1. The first-order chi connectivity index (χ1) is 6.22. The highest BCUT2D eigenvalue weighted by Crippen LogP contribution is 2.31. The molecule has 0 spiro atoms. The van der Waals surface area contributed by atoms with Crippen molar-refractivity contribution >= 4 is 55.2 Å². The van der Waals surface area contributed by atoms with Crippen LogP contribution in [0.4, 0.5) is 0 Å². The molecule has 1 unspecified atom stereocenters. The summed E-state index contributed by atoms with van der Waals surface area (Å²) in [6, 6.07) is 6.27. The van der Waals surface area contributed by atoms with Gasteiger partial charge >= 0.3 is 0 Å². The molecule has 2 rings (SSSR count). The lowest BCUT2D eigenvalue weighted by Gasteiger charge is -1.96. The lowest BCUT2D eigenvalue weighted by atomic mass is 10.2. The van der Waals surface area contributed by atoms with Crippen molar-refractivity contribution in [2.24, 2.45) is 0 Å². The molecule has 1 aromatic carbocycles. The van der Waals surface area contributed by atoms with Crippen LogP contribution in [0.15, 0.2) is 22.7 Å². The molecule has 0 aliphatic heterocycles. The van der Waals surface area contributed by atoms with E-state index in [0.29, 0.717) is 6.37 Å². The third kappa shape index (κ3) is 1.76. The minimum absolute atomic E-state index is 0.656. The van der Waals surface area contributed by atoms with E-state index in [1.165, 1.54) is 10.9 Å². The summed E-state index contributed by atoms with van der Waals surface area (Å²) in [4.78, 5) is 0. The minimum atomic E-state index is 0.656. The predicted molar refractivity (Wildman–Crippen MR) is 69.9 cm³/mol. The second-order valence-electron chi connectivity index (χ2n) is 2.74. The van der Waals surface area contributed by atoms with Gasteiger partial charge in [-0.1, -0.05) is 15.9 Å². The van der Waals surface area contributed by atoms with Crippen LogP contribution >= 0.6 is 44.3 Å². The fourth-order valence-electron chi connectivity index (χ4n) is 1.31. The van der Waals surface area contributed by atoms with E-state index in [4.69, 9.17) is 0 Å². The Kier molecular flexibility index (Phi) is 2.91. The van der Waals surface area contributed by atoms with E-state index in [9.17, 15) is 0 Å². The third-order valence-electron chi connectivity index (χ3n) is 1.91. The topological polar surface area (TPSA) is 17.8 Å². The summed E-state index contributed by atoms with van der Waals surface area (Å²) in [6.07, 6.45) is 0.656. The summed E-state index contributed by atoms with van der Waals surface area (Å²) >= 11 is 5.80. The Morgan fingerprint density at radius 1 is 1.54 bits per heavy atom. The zero-order valence-electron chi connectivity index (χ0n) is 6.88. The molecule has 1 heterocycles. The van der Waals surface area contributed by atoms with Crippen molar-refractivity contribution in [1.29, 1.82) is 0 Å². The number of hydrogen-bond donors (Lipinski definition) is 0. The maximum absolute atomic E-state index is 4.45. The summed E-state index contributed by atoms with van der Waals surface area (Å²) in [5.74, 6) is 0. The van der Waals surface area contributed by atoms with E-state index in [1.807, 2.05) is 11.4 Å². The fraction of sp³-hybridized carbons (Fsp3) is 0.125. The van der Waals surface area contributed by atoms with E-state index >= 15 is 0 Å². The van der Waals surface area contributed by atoms with E-state index < -0.39 is 0 Å². The highest BCUT2D eigenvalue weighted by Gasteiger charge is 2.05. The van der Waals surface area contributed by atoms with Gasteiger partial charge in [0, 0.05) is 9.86 Å². The first-order valence-corrected chi connectivity index (χ1v) is 8.59. The summed E-state index contributed by atoms with van der Waals surface area (Å²) in [5, 5.41) is 5.69. The van der Waals surface area contributed by atoms with Crippen molar-refractivity contribution in [3.05, 3.63) is 28.4 Å². The van der Waals surface area contributed by atoms with Crippen molar-refractivity contribution in [2.45, 2.75) is 6.92 Å². The second-order valence-corrected chi connectivity index (χ2v) is 5.70. The Balaban J connectivity index is 2.81. The zero-order chi connectivity index (χ0) is 9.42. The summed E-state index contributed by atoms with van der Waals surface area (Å²) in [5.41, 5.74) is 2.31. The molecule has 0 aliphatic rings. The molecular weight excluding hydrogens is 362 g/mol. The van der Waals surface area contributed by atoms with Crippen LogP contribution in [0.1, 0.15) is 5.69 Å². The van der Waals surface area contributed by atoms with Crippen molar-refractivity contribution in [1.82, 2.24) is 9.55 Å². The molecule has 0 fully saturated rings. The largest absolute Gasteiger partial charge is 0.237 e. The van der Waals surface area contributed by atoms with Crippen LogP contribution in [0.25, 0.3) is 10.9 Å². The number of halogens is 2. The van der Waals surface area contributed by atoms with Gasteiger partial charge in [0.25, 0.3) is 0 Å². The predicted octanol–water partition coefficient (Wildman–Crippen LogP) is 3.90. The average molecular weight is 369 g/mol. The van der Waals surface area contributed by atoms with Gasteiger partial charge in [0.15, 0.2) is 0 Å². The van der Waals surface area contributed by atoms with Crippen LogP contribution < -0.4 is 0 Å². The number of benzene rings is 1. The molecule has 1 atom stereocenters. The fourth-order valence-corrected chi connectivity index (χ4v) is 3.22. The first kappa shape index (κ1) is 9.87. The Morgan fingerprint density at radius 2 is 2.31 bits per heavy atom. The van der Waals surface area contributed by atoms with Gasteiger partial charge in [-0.25, -0.2) is 4.45 Å². The van der Waals surface area contributed by atoms with E-state index in [1.54, 1.807) is 0 Å². The summed E-state index contributed by atoms with van der Waals surface area (Å²) < 4.78 is 3.14. The number of rotatable bonds is 1. The molecule has 0 saturated heterocycles.